The van der Waals surface area contributed by atoms with Gasteiger partial charge in [-0.25, -0.2) is 0 Å². The largest absolute Gasteiger partial charge is 0.481 e. The highest BCUT2D eigenvalue weighted by Gasteiger charge is 2.25. The molecule has 0 aromatic carbocycles. The Balaban J connectivity index is 2.12. The molecule has 3 nitrogen and oxygen atoms in total. The number of carbonyl (C=O) groups is 1. The van der Waals surface area contributed by atoms with Gasteiger partial charge in [-0.2, -0.15) is 0 Å². The molecular weight excluding hydrogens is 142 g/mol. The molecule has 1 heterocycles. The van der Waals surface area contributed by atoms with Crippen LogP contribution in [0.25, 0.3) is 0 Å². The predicted molar refractivity (Wildman–Crippen MR) is 42.5 cm³/mol. The number of hydrogen-bond donors (Lipinski definition) is 1. The fourth-order valence-electron chi connectivity index (χ4n) is 1.53. The van der Waals surface area contributed by atoms with Gasteiger partial charge >= 0.3 is 5.97 Å². The van der Waals surface area contributed by atoms with E-state index in [-0.39, 0.29) is 0 Å². The lowest BCUT2D eigenvalue weighted by atomic mass is 9.98. The molecule has 0 radical (unpaired) electrons. The molecule has 0 aromatic heterocycles. The van der Waals surface area contributed by atoms with Crippen molar-refractivity contribution < 1.29 is 9.90 Å². The average Bonchev–Trinajstić information content (AvgIpc) is 1.86. The first-order valence-electron chi connectivity index (χ1n) is 4.20. The highest BCUT2D eigenvalue weighted by Crippen LogP contribution is 2.20. The molecule has 11 heavy (non-hydrogen) atoms. The summed E-state index contributed by atoms with van der Waals surface area (Å²) >= 11 is 0. The molecule has 0 spiro atoms. The SMILES string of the molecule is CCN1CCC1CCC(=O)O. The van der Waals surface area contributed by atoms with E-state index in [0.29, 0.717) is 12.5 Å². The Morgan fingerprint density at radius 3 is 2.82 bits per heavy atom. The fraction of sp³-hybridized carbons (Fsp3) is 0.875. The summed E-state index contributed by atoms with van der Waals surface area (Å²) < 4.78 is 0. The summed E-state index contributed by atoms with van der Waals surface area (Å²) in [5.74, 6) is -0.673. The smallest absolute Gasteiger partial charge is 0.303 e. The van der Waals surface area contributed by atoms with Crippen LogP contribution in [-0.2, 0) is 4.79 Å². The Bertz CT molecular complexity index is 145. The first-order valence-corrected chi connectivity index (χ1v) is 4.20. The molecule has 0 aromatic rings. The molecule has 1 atom stereocenters. The highest BCUT2D eigenvalue weighted by molar-refractivity contribution is 5.66. The van der Waals surface area contributed by atoms with Crippen molar-refractivity contribution in [3.8, 4) is 0 Å². The van der Waals surface area contributed by atoms with E-state index in [1.54, 1.807) is 0 Å². The molecule has 1 aliphatic rings. The third-order valence-electron chi connectivity index (χ3n) is 2.36. The number of carboxylic acids is 1. The second kappa shape index (κ2) is 3.72. The first-order chi connectivity index (χ1) is 5.24. The molecule has 0 bridgehead atoms. The normalized spacial score (nSPS) is 24.6. The van der Waals surface area contributed by atoms with Crippen molar-refractivity contribution in [2.45, 2.75) is 32.2 Å². The van der Waals surface area contributed by atoms with Crippen molar-refractivity contribution in [2.24, 2.45) is 0 Å². The van der Waals surface area contributed by atoms with Crippen LogP contribution < -0.4 is 0 Å². The topological polar surface area (TPSA) is 40.5 Å². The Morgan fingerprint density at radius 1 is 1.73 bits per heavy atom. The van der Waals surface area contributed by atoms with Gasteiger partial charge in [0.05, 0.1) is 0 Å². The van der Waals surface area contributed by atoms with E-state index < -0.39 is 5.97 Å². The van der Waals surface area contributed by atoms with Crippen molar-refractivity contribution >= 4 is 5.97 Å². The molecule has 3 heteroatoms. The van der Waals surface area contributed by atoms with Gasteiger partial charge in [-0.15, -0.1) is 0 Å². The van der Waals surface area contributed by atoms with Crippen LogP contribution >= 0.6 is 0 Å². The van der Waals surface area contributed by atoms with E-state index in [9.17, 15) is 4.79 Å². The number of likely N-dealkylation sites (tertiary alicyclic amines) is 1. The predicted octanol–water partition coefficient (Wildman–Crippen LogP) is 0.945. The zero-order valence-electron chi connectivity index (χ0n) is 6.92. The molecule has 1 fully saturated rings. The number of rotatable bonds is 4. The van der Waals surface area contributed by atoms with Crippen LogP contribution in [0, 0.1) is 0 Å². The maximum atomic E-state index is 10.2. The van der Waals surface area contributed by atoms with E-state index in [4.69, 9.17) is 5.11 Å². The van der Waals surface area contributed by atoms with Crippen molar-refractivity contribution in [3.05, 3.63) is 0 Å². The fourth-order valence-corrected chi connectivity index (χ4v) is 1.53. The van der Waals surface area contributed by atoms with Crippen molar-refractivity contribution in [1.29, 1.82) is 0 Å². The summed E-state index contributed by atoms with van der Waals surface area (Å²) in [6.45, 7) is 4.33. The minimum absolute atomic E-state index is 0.321. The summed E-state index contributed by atoms with van der Waals surface area (Å²) in [4.78, 5) is 12.5. The van der Waals surface area contributed by atoms with Crippen molar-refractivity contribution in [3.63, 3.8) is 0 Å². The zero-order valence-corrected chi connectivity index (χ0v) is 6.92. The van der Waals surface area contributed by atoms with Crippen LogP contribution in [0.5, 0.6) is 0 Å². The Kier molecular flexibility index (Phi) is 2.88. The van der Waals surface area contributed by atoms with Gasteiger partial charge in [0.1, 0.15) is 0 Å². The second-order valence-electron chi connectivity index (χ2n) is 3.00. The number of hydrogen-bond acceptors (Lipinski definition) is 2. The van der Waals surface area contributed by atoms with Gasteiger partial charge in [0.15, 0.2) is 0 Å². The maximum absolute atomic E-state index is 10.2. The molecule has 0 aliphatic carbocycles. The van der Waals surface area contributed by atoms with E-state index in [0.717, 1.165) is 19.5 Å². The summed E-state index contributed by atoms with van der Waals surface area (Å²) in [6.07, 6.45) is 2.32. The second-order valence-corrected chi connectivity index (χ2v) is 3.00. The monoisotopic (exact) mass is 157 g/mol. The van der Waals surface area contributed by atoms with Gasteiger partial charge in [0.25, 0.3) is 0 Å². The minimum Gasteiger partial charge on any atom is -0.481 e. The van der Waals surface area contributed by atoms with Crippen LogP contribution in [0.2, 0.25) is 0 Å². The van der Waals surface area contributed by atoms with Crippen molar-refractivity contribution in [2.75, 3.05) is 13.1 Å². The molecule has 1 rings (SSSR count). The molecule has 1 saturated heterocycles. The standard InChI is InChI=1S/C8H15NO2/c1-2-9-6-5-7(9)3-4-8(10)11/h7H,2-6H2,1H3,(H,10,11). The maximum Gasteiger partial charge on any atom is 0.303 e. The van der Waals surface area contributed by atoms with Gasteiger partial charge in [0.2, 0.25) is 0 Å². The van der Waals surface area contributed by atoms with Crippen molar-refractivity contribution in [1.82, 2.24) is 4.90 Å². The van der Waals surface area contributed by atoms with Gasteiger partial charge < -0.3 is 10.0 Å². The van der Waals surface area contributed by atoms with Crippen LogP contribution in [-0.4, -0.2) is 35.1 Å². The number of aliphatic carboxylic acids is 1. The summed E-state index contributed by atoms with van der Waals surface area (Å²) in [6, 6.07) is 0.552. The van der Waals surface area contributed by atoms with Gasteiger partial charge in [-0.3, -0.25) is 4.79 Å². The Hall–Kier alpha value is -0.570. The quantitative estimate of drug-likeness (QED) is 0.660. The highest BCUT2D eigenvalue weighted by atomic mass is 16.4. The lowest BCUT2D eigenvalue weighted by Crippen LogP contribution is -2.47. The van der Waals surface area contributed by atoms with E-state index in [1.807, 2.05) is 0 Å². The summed E-state index contributed by atoms with van der Waals surface area (Å²) in [7, 11) is 0. The van der Waals surface area contributed by atoms with Crippen LogP contribution in [0.15, 0.2) is 0 Å². The average molecular weight is 157 g/mol. The number of carboxylic acid groups (broad SMARTS) is 1. The molecule has 1 N–H and O–H groups in total. The zero-order chi connectivity index (χ0) is 8.27. The molecule has 1 aliphatic heterocycles. The third-order valence-corrected chi connectivity index (χ3v) is 2.36. The Labute approximate surface area is 67.0 Å². The molecular formula is C8H15NO2. The van der Waals surface area contributed by atoms with Gasteiger partial charge in [0, 0.05) is 12.5 Å². The van der Waals surface area contributed by atoms with E-state index in [1.165, 1.54) is 6.42 Å². The summed E-state index contributed by atoms with van der Waals surface area (Å²) in [5.41, 5.74) is 0. The molecule has 64 valence electrons. The molecule has 0 amide bonds. The summed E-state index contributed by atoms with van der Waals surface area (Å²) in [5, 5.41) is 8.42. The van der Waals surface area contributed by atoms with E-state index >= 15 is 0 Å². The Morgan fingerprint density at radius 2 is 2.45 bits per heavy atom. The molecule has 0 saturated carbocycles. The van der Waals surface area contributed by atoms with Crippen LogP contribution in [0.1, 0.15) is 26.2 Å². The lowest BCUT2D eigenvalue weighted by Gasteiger charge is -2.40. The minimum atomic E-state index is -0.673. The lowest BCUT2D eigenvalue weighted by molar-refractivity contribution is -0.137. The number of nitrogens with zero attached hydrogens (tertiary/aromatic N) is 1. The van der Waals surface area contributed by atoms with E-state index in [2.05, 4.69) is 11.8 Å². The first kappa shape index (κ1) is 8.53. The van der Waals surface area contributed by atoms with Crippen LogP contribution in [0.4, 0.5) is 0 Å². The van der Waals surface area contributed by atoms with Gasteiger partial charge in [-0.1, -0.05) is 6.92 Å². The van der Waals surface area contributed by atoms with Gasteiger partial charge in [-0.05, 0) is 25.9 Å². The molecule has 1 unspecified atom stereocenters. The third kappa shape index (κ3) is 2.19. The van der Waals surface area contributed by atoms with Crippen LogP contribution in [0.3, 0.4) is 0 Å².